The van der Waals surface area contributed by atoms with E-state index >= 15 is 8.78 Å². The van der Waals surface area contributed by atoms with Crippen molar-refractivity contribution in [2.45, 2.75) is 25.8 Å². The molecule has 1 atom stereocenters. The molecule has 0 fully saturated rings. The summed E-state index contributed by atoms with van der Waals surface area (Å²) in [5, 5.41) is 5.16. The first-order chi connectivity index (χ1) is 23.4. The number of aromatic amines is 1. The van der Waals surface area contributed by atoms with Gasteiger partial charge in [-0.2, -0.15) is 5.10 Å². The van der Waals surface area contributed by atoms with Gasteiger partial charge in [0.25, 0.3) is 0 Å². The van der Waals surface area contributed by atoms with Gasteiger partial charge in [0, 0.05) is 46.6 Å². The van der Waals surface area contributed by atoms with E-state index in [-0.39, 0.29) is 53.5 Å². The van der Waals surface area contributed by atoms with E-state index in [1.807, 2.05) is 0 Å². The van der Waals surface area contributed by atoms with Gasteiger partial charge in [0.15, 0.2) is 31.2 Å². The standard InChI is InChI=1S/C35H33F2N3O7S2/c1-2-46-34(41)9-6-23-4-3-5-24(20-23)33-13-17-49(44,45)19-18-48(42,43)16-12-27-26-10-14-38-32(26)22-30(37)35(27)47-25-7-8-29(36)28(21-25)31-11-15-40(33)39-31/h3-11,14-15,20-22,33,38H,2,12-13,16-19H2,1H3/b9-6+. The van der Waals surface area contributed by atoms with E-state index in [1.165, 1.54) is 35.0 Å². The first-order valence-corrected chi connectivity index (χ1v) is 19.2. The zero-order valence-electron chi connectivity index (χ0n) is 26.4. The van der Waals surface area contributed by atoms with Gasteiger partial charge in [0.2, 0.25) is 0 Å². The van der Waals surface area contributed by atoms with Crippen LogP contribution in [0.4, 0.5) is 8.78 Å². The fourth-order valence-corrected chi connectivity index (χ4v) is 9.34. The van der Waals surface area contributed by atoms with Gasteiger partial charge < -0.3 is 14.5 Å². The van der Waals surface area contributed by atoms with Gasteiger partial charge in [-0.1, -0.05) is 18.2 Å². The number of benzene rings is 3. The second kappa shape index (κ2) is 14.0. The van der Waals surface area contributed by atoms with Crippen LogP contribution in [0.1, 0.15) is 36.1 Å². The number of nitrogens with one attached hydrogen (secondary N) is 1. The lowest BCUT2D eigenvalue weighted by Gasteiger charge is -2.19. The van der Waals surface area contributed by atoms with Crippen LogP contribution in [-0.2, 0) is 35.6 Å². The molecule has 3 heterocycles. The zero-order valence-corrected chi connectivity index (χ0v) is 28.1. The summed E-state index contributed by atoms with van der Waals surface area (Å²) in [5.41, 5.74) is 2.29. The number of carbonyl (C=O) groups is 1. The molecule has 1 unspecified atom stereocenters. The number of aromatic nitrogens is 3. The molecule has 4 bridgehead atoms. The lowest BCUT2D eigenvalue weighted by molar-refractivity contribution is -0.137. The Hall–Kier alpha value is -4.82. The number of halogens is 2. The summed E-state index contributed by atoms with van der Waals surface area (Å²) in [4.78, 5) is 14.8. The second-order valence-corrected chi connectivity index (χ2v) is 16.3. The maximum absolute atomic E-state index is 15.5. The maximum Gasteiger partial charge on any atom is 0.330 e. The van der Waals surface area contributed by atoms with E-state index in [9.17, 15) is 21.6 Å². The molecule has 0 spiro atoms. The Balaban J connectivity index is 1.44. The summed E-state index contributed by atoms with van der Waals surface area (Å²) in [7, 11) is -7.78. The third-order valence-electron chi connectivity index (χ3n) is 8.29. The Kier molecular flexibility index (Phi) is 9.70. The topological polar surface area (TPSA) is 137 Å². The monoisotopic (exact) mass is 709 g/mol. The van der Waals surface area contributed by atoms with Crippen molar-refractivity contribution in [3.05, 3.63) is 107 Å². The number of hydrogen-bond acceptors (Lipinski definition) is 8. The molecule has 1 N–H and O–H groups in total. The smallest absolute Gasteiger partial charge is 0.330 e. The van der Waals surface area contributed by atoms with Gasteiger partial charge >= 0.3 is 5.97 Å². The fraction of sp³-hybridized carbons (Fsp3) is 0.257. The maximum atomic E-state index is 15.5. The Morgan fingerprint density at radius 1 is 1.00 bits per heavy atom. The lowest BCUT2D eigenvalue weighted by Crippen LogP contribution is -2.24. The van der Waals surface area contributed by atoms with Crippen LogP contribution < -0.4 is 4.74 Å². The van der Waals surface area contributed by atoms with Crippen molar-refractivity contribution >= 4 is 42.6 Å². The number of hydrogen-bond donors (Lipinski definition) is 1. The molecular formula is C35H33F2N3O7S2. The molecular weight excluding hydrogens is 677 g/mol. The number of sulfone groups is 2. The third-order valence-corrected chi connectivity index (χ3v) is 11.9. The summed E-state index contributed by atoms with van der Waals surface area (Å²) >= 11 is 0. The predicted molar refractivity (Wildman–Crippen MR) is 182 cm³/mol. The van der Waals surface area contributed by atoms with E-state index in [2.05, 4.69) is 10.1 Å². The summed E-state index contributed by atoms with van der Waals surface area (Å²) in [5.74, 6) is -4.01. The first kappa shape index (κ1) is 34.1. The van der Waals surface area contributed by atoms with Crippen LogP contribution in [0.3, 0.4) is 0 Å². The van der Waals surface area contributed by atoms with Crippen molar-refractivity contribution < 1.29 is 39.9 Å². The van der Waals surface area contributed by atoms with E-state index in [0.29, 0.717) is 22.0 Å². The van der Waals surface area contributed by atoms with Crippen LogP contribution >= 0.6 is 0 Å². The molecule has 0 radical (unpaired) electrons. The average Bonchev–Trinajstić information content (AvgIpc) is 3.74. The van der Waals surface area contributed by atoms with Crippen LogP contribution in [0.25, 0.3) is 28.2 Å². The zero-order chi connectivity index (χ0) is 34.8. The number of nitrogens with zero attached hydrogens (tertiary/aromatic N) is 2. The number of ether oxygens (including phenoxy) is 2. The molecule has 49 heavy (non-hydrogen) atoms. The highest BCUT2D eigenvalue weighted by molar-refractivity contribution is 7.95. The molecule has 6 rings (SSSR count). The minimum Gasteiger partial charge on any atom is -0.463 e. The van der Waals surface area contributed by atoms with Crippen molar-refractivity contribution in [2.75, 3.05) is 29.6 Å². The minimum absolute atomic E-state index is 0.0261. The Labute approximate surface area is 282 Å². The number of esters is 1. The van der Waals surface area contributed by atoms with Gasteiger partial charge in [-0.05, 0) is 73.4 Å². The van der Waals surface area contributed by atoms with Crippen molar-refractivity contribution in [1.29, 1.82) is 0 Å². The van der Waals surface area contributed by atoms with Crippen molar-refractivity contribution in [3.63, 3.8) is 0 Å². The molecule has 0 aliphatic carbocycles. The van der Waals surface area contributed by atoms with Gasteiger partial charge in [-0.15, -0.1) is 0 Å². The number of carbonyl (C=O) groups excluding carboxylic acids is 1. The molecule has 2 aromatic heterocycles. The fourth-order valence-electron chi connectivity index (χ4n) is 5.80. The van der Waals surface area contributed by atoms with E-state index < -0.39 is 60.6 Å². The molecule has 10 nitrogen and oxygen atoms in total. The number of H-pyrrole nitrogens is 1. The number of fused-ring (bicyclic) bond motifs is 8. The van der Waals surface area contributed by atoms with Crippen molar-refractivity contribution in [3.8, 4) is 22.8 Å². The van der Waals surface area contributed by atoms with Crippen LogP contribution in [0.5, 0.6) is 11.5 Å². The summed E-state index contributed by atoms with van der Waals surface area (Å²) in [6.07, 6.45) is 5.92. The third kappa shape index (κ3) is 7.92. The van der Waals surface area contributed by atoms with Gasteiger partial charge in [0.1, 0.15) is 11.6 Å². The molecule has 0 amide bonds. The summed E-state index contributed by atoms with van der Waals surface area (Å²) < 4.78 is 96.1. The highest BCUT2D eigenvalue weighted by Crippen LogP contribution is 2.37. The molecule has 1 aliphatic rings. The molecule has 3 aromatic carbocycles. The minimum atomic E-state index is -3.90. The second-order valence-electron chi connectivity index (χ2n) is 11.6. The van der Waals surface area contributed by atoms with E-state index in [4.69, 9.17) is 9.47 Å². The van der Waals surface area contributed by atoms with Crippen molar-refractivity contribution in [2.24, 2.45) is 0 Å². The average molecular weight is 710 g/mol. The molecule has 1 aliphatic heterocycles. The summed E-state index contributed by atoms with van der Waals surface area (Å²) in [6, 6.07) is 14.8. The Morgan fingerprint density at radius 3 is 2.59 bits per heavy atom. The quantitative estimate of drug-likeness (QED) is 0.176. The number of rotatable bonds is 4. The van der Waals surface area contributed by atoms with E-state index in [1.54, 1.807) is 61.8 Å². The van der Waals surface area contributed by atoms with Crippen LogP contribution in [0.2, 0.25) is 0 Å². The highest BCUT2D eigenvalue weighted by atomic mass is 32.2. The normalized spacial score (nSPS) is 17.9. The summed E-state index contributed by atoms with van der Waals surface area (Å²) in [6.45, 7) is 1.92. The SMILES string of the molecule is CCOC(=O)/C=C/c1cccc(C2CCS(=O)(=O)CCS(=O)(=O)CCc3c(c(F)cc4[nH]ccc34)Oc3ccc(F)c(c3)-c3ccn2n3)c1. The van der Waals surface area contributed by atoms with E-state index in [0.717, 1.165) is 0 Å². The first-order valence-electron chi connectivity index (χ1n) is 15.6. The van der Waals surface area contributed by atoms with Crippen LogP contribution in [-0.4, -0.2) is 67.2 Å². The van der Waals surface area contributed by atoms with Crippen LogP contribution in [0.15, 0.2) is 79.1 Å². The predicted octanol–water partition coefficient (Wildman–Crippen LogP) is 6.04. The van der Waals surface area contributed by atoms with Crippen molar-refractivity contribution in [1.82, 2.24) is 14.8 Å². The molecule has 5 aromatic rings. The van der Waals surface area contributed by atoms with Gasteiger partial charge in [0.05, 0.1) is 41.4 Å². The Bertz CT molecular complexity index is 2280. The highest BCUT2D eigenvalue weighted by Gasteiger charge is 2.25. The van der Waals surface area contributed by atoms with Gasteiger partial charge in [-0.25, -0.2) is 30.4 Å². The molecule has 256 valence electrons. The lowest BCUT2D eigenvalue weighted by atomic mass is 10.0. The molecule has 0 saturated carbocycles. The molecule has 0 saturated heterocycles. The Morgan fingerprint density at radius 2 is 1.80 bits per heavy atom. The largest absolute Gasteiger partial charge is 0.463 e. The molecule has 14 heteroatoms. The van der Waals surface area contributed by atoms with Gasteiger partial charge in [-0.3, -0.25) is 4.68 Å². The van der Waals surface area contributed by atoms with Crippen LogP contribution in [0, 0.1) is 11.6 Å². The number of aryl methyl sites for hydroxylation is 1.